The van der Waals surface area contributed by atoms with Crippen LogP contribution >= 0.6 is 0 Å². The van der Waals surface area contributed by atoms with Gasteiger partial charge in [0.15, 0.2) is 0 Å². The van der Waals surface area contributed by atoms with E-state index in [0.717, 1.165) is 25.6 Å². The maximum Gasteiger partial charge on any atom is 0.0669 e. The van der Waals surface area contributed by atoms with Gasteiger partial charge in [-0.05, 0) is 26.8 Å². The van der Waals surface area contributed by atoms with Gasteiger partial charge in [0.1, 0.15) is 0 Å². The molecule has 0 aromatic rings. The zero-order valence-corrected chi connectivity index (χ0v) is 9.11. The van der Waals surface area contributed by atoms with E-state index in [-0.39, 0.29) is 0 Å². The molecule has 0 radical (unpaired) electrons. The minimum Gasteiger partial charge on any atom is -0.298 e. The first-order valence-electron chi connectivity index (χ1n) is 5.58. The molecule has 0 aromatic heterocycles. The Morgan fingerprint density at radius 3 is 2.50 bits per heavy atom. The fourth-order valence-electron chi connectivity index (χ4n) is 2.36. The van der Waals surface area contributed by atoms with E-state index in [4.69, 9.17) is 5.26 Å². The molecule has 0 aromatic carbocycles. The largest absolute Gasteiger partial charge is 0.298 e. The van der Waals surface area contributed by atoms with Gasteiger partial charge in [0.05, 0.1) is 12.0 Å². The highest BCUT2D eigenvalue weighted by Gasteiger charge is 2.36. The average Bonchev–Trinajstić information content (AvgIpc) is 2.49. The number of nitrogens with zero attached hydrogens (tertiary/aromatic N) is 3. The van der Waals surface area contributed by atoms with E-state index in [1.54, 1.807) is 0 Å². The van der Waals surface area contributed by atoms with E-state index in [2.05, 4.69) is 29.7 Å². The van der Waals surface area contributed by atoms with Gasteiger partial charge in [0.25, 0.3) is 0 Å². The minimum absolute atomic E-state index is 0.295. The summed E-state index contributed by atoms with van der Waals surface area (Å²) in [5, 5.41) is 8.81. The summed E-state index contributed by atoms with van der Waals surface area (Å²) in [4.78, 5) is 4.98. The molecule has 14 heavy (non-hydrogen) atoms. The van der Waals surface area contributed by atoms with Gasteiger partial charge >= 0.3 is 0 Å². The highest BCUT2D eigenvalue weighted by atomic mass is 15.3. The van der Waals surface area contributed by atoms with Crippen LogP contribution in [0.3, 0.4) is 0 Å². The predicted octanol–water partition coefficient (Wildman–Crippen LogP) is 0.924. The van der Waals surface area contributed by atoms with E-state index in [9.17, 15) is 0 Å². The maximum absolute atomic E-state index is 8.81. The van der Waals surface area contributed by atoms with Crippen molar-refractivity contribution in [1.82, 2.24) is 9.80 Å². The molecule has 78 valence electrons. The van der Waals surface area contributed by atoms with Crippen molar-refractivity contribution in [3.05, 3.63) is 0 Å². The fourth-order valence-corrected chi connectivity index (χ4v) is 2.36. The average molecular weight is 193 g/mol. The molecule has 0 aliphatic carbocycles. The van der Waals surface area contributed by atoms with Crippen molar-refractivity contribution >= 4 is 0 Å². The molecular weight excluding hydrogens is 174 g/mol. The lowest BCUT2D eigenvalue weighted by molar-refractivity contribution is 0.0249. The van der Waals surface area contributed by atoms with E-state index < -0.39 is 0 Å². The van der Waals surface area contributed by atoms with Crippen LogP contribution in [0.5, 0.6) is 0 Å². The van der Waals surface area contributed by atoms with E-state index in [0.29, 0.717) is 12.0 Å². The Balaban J connectivity index is 1.76. The van der Waals surface area contributed by atoms with Crippen molar-refractivity contribution in [1.29, 1.82) is 5.26 Å². The van der Waals surface area contributed by atoms with Crippen molar-refractivity contribution in [3.8, 4) is 6.07 Å². The van der Waals surface area contributed by atoms with Gasteiger partial charge in [-0.25, -0.2) is 0 Å². The minimum atomic E-state index is 0.295. The SMILES string of the molecule is CC(C)N1CC(N2CC[C@@H](C#N)C2)C1. The summed E-state index contributed by atoms with van der Waals surface area (Å²) in [5.74, 6) is 0.295. The first-order chi connectivity index (χ1) is 6.70. The Morgan fingerprint density at radius 2 is 2.00 bits per heavy atom. The van der Waals surface area contributed by atoms with Crippen LogP contribution in [0.25, 0.3) is 0 Å². The lowest BCUT2D eigenvalue weighted by Gasteiger charge is -2.46. The zero-order valence-electron chi connectivity index (χ0n) is 9.11. The van der Waals surface area contributed by atoms with Crippen LogP contribution in [0.4, 0.5) is 0 Å². The highest BCUT2D eigenvalue weighted by molar-refractivity contribution is 4.97. The van der Waals surface area contributed by atoms with Crippen molar-refractivity contribution < 1.29 is 0 Å². The molecule has 0 spiro atoms. The van der Waals surface area contributed by atoms with Crippen molar-refractivity contribution in [3.63, 3.8) is 0 Å². The second-order valence-electron chi connectivity index (χ2n) is 4.81. The molecule has 2 saturated heterocycles. The molecule has 0 N–H and O–H groups in total. The first kappa shape index (κ1) is 9.95. The van der Waals surface area contributed by atoms with Crippen LogP contribution in [0.15, 0.2) is 0 Å². The predicted molar refractivity (Wildman–Crippen MR) is 55.8 cm³/mol. The number of hydrogen-bond donors (Lipinski definition) is 0. The van der Waals surface area contributed by atoms with Crippen LogP contribution in [0.2, 0.25) is 0 Å². The van der Waals surface area contributed by atoms with E-state index in [1.165, 1.54) is 13.1 Å². The lowest BCUT2D eigenvalue weighted by Crippen LogP contribution is -2.60. The molecule has 1 atom stereocenters. The Kier molecular flexibility index (Phi) is 2.76. The van der Waals surface area contributed by atoms with Gasteiger partial charge in [0, 0.05) is 31.7 Å². The Morgan fingerprint density at radius 1 is 1.29 bits per heavy atom. The van der Waals surface area contributed by atoms with Crippen LogP contribution < -0.4 is 0 Å². The number of nitriles is 1. The maximum atomic E-state index is 8.81. The molecule has 2 rings (SSSR count). The zero-order chi connectivity index (χ0) is 10.1. The molecule has 0 bridgehead atoms. The molecule has 0 unspecified atom stereocenters. The lowest BCUT2D eigenvalue weighted by atomic mass is 10.1. The Labute approximate surface area is 86.3 Å². The summed E-state index contributed by atoms with van der Waals surface area (Å²) in [7, 11) is 0. The summed E-state index contributed by atoms with van der Waals surface area (Å²) in [6, 6.07) is 3.79. The monoisotopic (exact) mass is 193 g/mol. The fraction of sp³-hybridized carbons (Fsp3) is 0.909. The van der Waals surface area contributed by atoms with Gasteiger partial charge < -0.3 is 0 Å². The Bertz CT molecular complexity index is 237. The molecule has 0 amide bonds. The smallest absolute Gasteiger partial charge is 0.0669 e. The standard InChI is InChI=1S/C11H19N3/c1-9(2)14-7-11(8-14)13-4-3-10(5-12)6-13/h9-11H,3-4,6-8H2,1-2H3/t10-/m0/s1. The highest BCUT2D eigenvalue weighted by Crippen LogP contribution is 2.24. The quantitative estimate of drug-likeness (QED) is 0.653. The van der Waals surface area contributed by atoms with Gasteiger partial charge in [-0.2, -0.15) is 5.26 Å². The van der Waals surface area contributed by atoms with Gasteiger partial charge in [0.2, 0.25) is 0 Å². The second kappa shape index (κ2) is 3.88. The van der Waals surface area contributed by atoms with Gasteiger partial charge in [-0.1, -0.05) is 0 Å². The summed E-state index contributed by atoms with van der Waals surface area (Å²) in [6.07, 6.45) is 1.08. The molecule has 2 aliphatic rings. The molecular formula is C11H19N3. The van der Waals surface area contributed by atoms with Crippen molar-refractivity contribution in [2.24, 2.45) is 5.92 Å². The van der Waals surface area contributed by atoms with Crippen molar-refractivity contribution in [2.45, 2.75) is 32.4 Å². The number of rotatable bonds is 2. The molecule has 3 nitrogen and oxygen atoms in total. The molecule has 2 fully saturated rings. The van der Waals surface area contributed by atoms with Crippen molar-refractivity contribution in [2.75, 3.05) is 26.2 Å². The number of likely N-dealkylation sites (tertiary alicyclic amines) is 2. The third-order valence-corrected chi connectivity index (χ3v) is 3.54. The van der Waals surface area contributed by atoms with Gasteiger partial charge in [-0.3, -0.25) is 9.80 Å². The first-order valence-corrected chi connectivity index (χ1v) is 5.58. The van der Waals surface area contributed by atoms with Crippen LogP contribution in [-0.4, -0.2) is 48.1 Å². The molecule has 2 aliphatic heterocycles. The third-order valence-electron chi connectivity index (χ3n) is 3.54. The van der Waals surface area contributed by atoms with Crippen LogP contribution in [0.1, 0.15) is 20.3 Å². The summed E-state index contributed by atoms with van der Waals surface area (Å²) < 4.78 is 0. The van der Waals surface area contributed by atoms with E-state index in [1.807, 2.05) is 0 Å². The normalized spacial score (nSPS) is 30.6. The third kappa shape index (κ3) is 1.77. The summed E-state index contributed by atoms with van der Waals surface area (Å²) in [5.41, 5.74) is 0. The summed E-state index contributed by atoms with van der Waals surface area (Å²) in [6.45, 7) is 9.05. The van der Waals surface area contributed by atoms with Gasteiger partial charge in [-0.15, -0.1) is 0 Å². The molecule has 2 heterocycles. The molecule has 0 saturated carbocycles. The van der Waals surface area contributed by atoms with Crippen LogP contribution in [-0.2, 0) is 0 Å². The topological polar surface area (TPSA) is 30.3 Å². The number of hydrogen-bond acceptors (Lipinski definition) is 3. The summed E-state index contributed by atoms with van der Waals surface area (Å²) >= 11 is 0. The molecule has 3 heteroatoms. The Hall–Kier alpha value is -0.590. The second-order valence-corrected chi connectivity index (χ2v) is 4.81. The van der Waals surface area contributed by atoms with Crippen LogP contribution in [0, 0.1) is 17.2 Å². The van der Waals surface area contributed by atoms with E-state index >= 15 is 0 Å².